The van der Waals surface area contributed by atoms with E-state index >= 15 is 0 Å². The second kappa shape index (κ2) is 5.73. The molecule has 1 heterocycles. The Morgan fingerprint density at radius 1 is 1.40 bits per heavy atom. The van der Waals surface area contributed by atoms with Gasteiger partial charge in [-0.25, -0.2) is 0 Å². The zero-order valence-corrected chi connectivity index (χ0v) is 11.9. The van der Waals surface area contributed by atoms with Crippen molar-refractivity contribution in [3.63, 3.8) is 0 Å². The summed E-state index contributed by atoms with van der Waals surface area (Å²) in [5, 5.41) is 10.7. The van der Waals surface area contributed by atoms with Gasteiger partial charge in [0.25, 0.3) is 0 Å². The molecule has 0 aliphatic heterocycles. The van der Waals surface area contributed by atoms with Gasteiger partial charge in [0, 0.05) is 12.7 Å². The molecule has 0 spiro atoms. The number of carbonyl (C=O) groups is 1. The normalized spacial score (nSPS) is 13.8. The van der Waals surface area contributed by atoms with Gasteiger partial charge in [-0.3, -0.25) is 4.79 Å². The molecule has 20 heavy (non-hydrogen) atoms. The molecule has 6 heteroatoms. The molecule has 0 fully saturated rings. The summed E-state index contributed by atoms with van der Waals surface area (Å²) in [6.07, 6.45) is 1.61. The molecule has 6 nitrogen and oxygen atoms in total. The predicted octanol–water partition coefficient (Wildman–Crippen LogP) is 1.38. The number of nitrogens with zero attached hydrogens (tertiary/aromatic N) is 3. The fourth-order valence-corrected chi connectivity index (χ4v) is 2.07. The largest absolute Gasteiger partial charge is 0.399 e. The Morgan fingerprint density at radius 2 is 2.15 bits per heavy atom. The smallest absolute Gasteiger partial charge is 0.227 e. The lowest BCUT2D eigenvalue weighted by Gasteiger charge is -2.17. The Hall–Kier alpha value is -2.37. The van der Waals surface area contributed by atoms with Crippen LogP contribution in [0.3, 0.4) is 0 Å². The highest BCUT2D eigenvalue weighted by molar-refractivity contribution is 5.83. The van der Waals surface area contributed by atoms with Crippen LogP contribution in [0.5, 0.6) is 0 Å². The number of aryl methyl sites for hydroxylation is 1. The first-order valence-corrected chi connectivity index (χ1v) is 6.48. The van der Waals surface area contributed by atoms with E-state index in [4.69, 9.17) is 5.73 Å². The van der Waals surface area contributed by atoms with Crippen LogP contribution >= 0.6 is 0 Å². The van der Waals surface area contributed by atoms with Crippen molar-refractivity contribution >= 4 is 11.6 Å². The van der Waals surface area contributed by atoms with E-state index in [9.17, 15) is 4.79 Å². The molecule has 1 aromatic carbocycles. The van der Waals surface area contributed by atoms with Gasteiger partial charge in [0.15, 0.2) is 5.82 Å². The lowest BCUT2D eigenvalue weighted by Crippen LogP contribution is -2.31. The van der Waals surface area contributed by atoms with Crippen molar-refractivity contribution in [1.82, 2.24) is 20.1 Å². The standard InChI is InChI=1S/C14H19N5O/c1-9(11-5-4-6-12(15)7-11)14(20)17-10(2)13-18-16-8-19(13)3/h4-10H,15H2,1-3H3,(H,17,20). The van der Waals surface area contributed by atoms with Gasteiger partial charge in [-0.1, -0.05) is 12.1 Å². The van der Waals surface area contributed by atoms with Crippen molar-refractivity contribution in [1.29, 1.82) is 0 Å². The highest BCUT2D eigenvalue weighted by atomic mass is 16.1. The second-order valence-corrected chi connectivity index (χ2v) is 4.92. The predicted molar refractivity (Wildman–Crippen MR) is 76.8 cm³/mol. The molecule has 0 saturated carbocycles. The summed E-state index contributed by atoms with van der Waals surface area (Å²) in [7, 11) is 1.85. The van der Waals surface area contributed by atoms with E-state index < -0.39 is 0 Å². The third kappa shape index (κ3) is 2.96. The number of hydrogen-bond donors (Lipinski definition) is 2. The summed E-state index contributed by atoms with van der Waals surface area (Å²) in [5.41, 5.74) is 7.29. The number of aromatic nitrogens is 3. The number of nitrogens with two attached hydrogens (primary N) is 1. The Labute approximate surface area is 118 Å². The molecular weight excluding hydrogens is 254 g/mol. The van der Waals surface area contributed by atoms with Gasteiger partial charge in [-0.2, -0.15) is 0 Å². The molecule has 2 unspecified atom stereocenters. The van der Waals surface area contributed by atoms with Crippen LogP contribution in [0.15, 0.2) is 30.6 Å². The maximum atomic E-state index is 12.3. The van der Waals surface area contributed by atoms with Gasteiger partial charge >= 0.3 is 0 Å². The molecular formula is C14H19N5O. The number of nitrogen functional groups attached to an aromatic ring is 1. The lowest BCUT2D eigenvalue weighted by atomic mass is 9.99. The van der Waals surface area contributed by atoms with E-state index in [0.29, 0.717) is 5.69 Å². The third-order valence-electron chi connectivity index (χ3n) is 3.30. The summed E-state index contributed by atoms with van der Waals surface area (Å²) in [5.74, 6) is 0.387. The van der Waals surface area contributed by atoms with Crippen molar-refractivity contribution in [3.8, 4) is 0 Å². The van der Waals surface area contributed by atoms with Crippen molar-refractivity contribution in [2.75, 3.05) is 5.73 Å². The molecule has 2 atom stereocenters. The molecule has 0 aliphatic rings. The minimum Gasteiger partial charge on any atom is -0.399 e. The number of benzene rings is 1. The molecule has 1 aromatic heterocycles. The first-order valence-electron chi connectivity index (χ1n) is 6.48. The van der Waals surface area contributed by atoms with E-state index in [2.05, 4.69) is 15.5 Å². The summed E-state index contributed by atoms with van der Waals surface area (Å²) in [4.78, 5) is 12.3. The number of amides is 1. The van der Waals surface area contributed by atoms with Gasteiger partial charge < -0.3 is 15.6 Å². The van der Waals surface area contributed by atoms with Gasteiger partial charge in [-0.15, -0.1) is 10.2 Å². The zero-order valence-electron chi connectivity index (χ0n) is 11.9. The Morgan fingerprint density at radius 3 is 2.75 bits per heavy atom. The van der Waals surface area contributed by atoms with E-state index in [1.807, 2.05) is 39.1 Å². The zero-order chi connectivity index (χ0) is 14.7. The molecule has 1 amide bonds. The Kier molecular flexibility index (Phi) is 4.02. The number of rotatable bonds is 4. The minimum absolute atomic E-state index is 0.0638. The molecule has 0 radical (unpaired) electrons. The summed E-state index contributed by atoms with van der Waals surface area (Å²) >= 11 is 0. The van der Waals surface area contributed by atoms with Gasteiger partial charge in [-0.05, 0) is 31.5 Å². The Bertz CT molecular complexity index is 607. The third-order valence-corrected chi connectivity index (χ3v) is 3.30. The van der Waals surface area contributed by atoms with Crippen LogP contribution < -0.4 is 11.1 Å². The van der Waals surface area contributed by atoms with E-state index in [1.165, 1.54) is 0 Å². The monoisotopic (exact) mass is 273 g/mol. The quantitative estimate of drug-likeness (QED) is 0.824. The van der Waals surface area contributed by atoms with Gasteiger partial charge in [0.1, 0.15) is 6.33 Å². The average molecular weight is 273 g/mol. The van der Waals surface area contributed by atoms with Gasteiger partial charge in [0.05, 0.1) is 12.0 Å². The molecule has 2 rings (SSSR count). The van der Waals surface area contributed by atoms with E-state index in [1.54, 1.807) is 17.0 Å². The van der Waals surface area contributed by atoms with Crippen LogP contribution in [0, 0.1) is 0 Å². The molecule has 3 N–H and O–H groups in total. The minimum atomic E-state index is -0.269. The van der Waals surface area contributed by atoms with E-state index in [-0.39, 0.29) is 17.9 Å². The number of anilines is 1. The fourth-order valence-electron chi connectivity index (χ4n) is 2.07. The van der Waals surface area contributed by atoms with Crippen molar-refractivity contribution in [3.05, 3.63) is 42.0 Å². The topological polar surface area (TPSA) is 85.8 Å². The average Bonchev–Trinajstić information content (AvgIpc) is 2.84. The van der Waals surface area contributed by atoms with E-state index in [0.717, 1.165) is 11.4 Å². The van der Waals surface area contributed by atoms with Crippen LogP contribution in [-0.2, 0) is 11.8 Å². The maximum Gasteiger partial charge on any atom is 0.227 e. The van der Waals surface area contributed by atoms with Gasteiger partial charge in [0.2, 0.25) is 5.91 Å². The van der Waals surface area contributed by atoms with Crippen LogP contribution in [-0.4, -0.2) is 20.7 Å². The fraction of sp³-hybridized carbons (Fsp3) is 0.357. The maximum absolute atomic E-state index is 12.3. The molecule has 0 aliphatic carbocycles. The summed E-state index contributed by atoms with van der Waals surface area (Å²) in [6.45, 7) is 3.74. The van der Waals surface area contributed by atoms with Crippen LogP contribution in [0.4, 0.5) is 5.69 Å². The van der Waals surface area contributed by atoms with Crippen LogP contribution in [0.1, 0.15) is 37.2 Å². The van der Waals surface area contributed by atoms with Crippen molar-refractivity contribution in [2.24, 2.45) is 7.05 Å². The van der Waals surface area contributed by atoms with Crippen molar-refractivity contribution in [2.45, 2.75) is 25.8 Å². The number of carbonyl (C=O) groups excluding carboxylic acids is 1. The highest BCUT2D eigenvalue weighted by Crippen LogP contribution is 2.19. The number of hydrogen-bond acceptors (Lipinski definition) is 4. The first-order chi connectivity index (χ1) is 9.49. The number of nitrogens with one attached hydrogen (secondary N) is 1. The van der Waals surface area contributed by atoms with Crippen LogP contribution in [0.25, 0.3) is 0 Å². The summed E-state index contributed by atoms with van der Waals surface area (Å²) < 4.78 is 1.79. The lowest BCUT2D eigenvalue weighted by molar-refractivity contribution is -0.122. The molecule has 2 aromatic rings. The second-order valence-electron chi connectivity index (χ2n) is 4.92. The van der Waals surface area contributed by atoms with Crippen LogP contribution in [0.2, 0.25) is 0 Å². The highest BCUT2D eigenvalue weighted by Gasteiger charge is 2.20. The molecule has 106 valence electrons. The SMILES string of the molecule is CC(NC(=O)C(C)c1cccc(N)c1)c1nncn1C. The Balaban J connectivity index is 2.06. The van der Waals surface area contributed by atoms with Crippen molar-refractivity contribution < 1.29 is 4.79 Å². The first kappa shape index (κ1) is 14.0. The molecule has 0 bridgehead atoms. The summed E-state index contributed by atoms with van der Waals surface area (Å²) in [6, 6.07) is 7.17. The molecule has 0 saturated heterocycles.